The lowest BCUT2D eigenvalue weighted by Gasteiger charge is -2.29. The highest BCUT2D eigenvalue weighted by molar-refractivity contribution is 6.31. The first-order chi connectivity index (χ1) is 15.9. The Morgan fingerprint density at radius 3 is 2.50 bits per heavy atom. The molecule has 34 heavy (non-hydrogen) atoms. The summed E-state index contributed by atoms with van der Waals surface area (Å²) in [6.07, 6.45) is 3.19. The smallest absolute Gasteiger partial charge is 0.194 e. The third kappa shape index (κ3) is 3.16. The molecule has 0 unspecified atom stereocenters. The number of phenols is 2. The number of ether oxygens (including phenoxy) is 1. The molecular weight excluding hydrogens is 436 g/mol. The molecule has 1 atom stereocenters. The van der Waals surface area contributed by atoms with Crippen molar-refractivity contribution in [1.29, 1.82) is 0 Å². The highest BCUT2D eigenvalue weighted by atomic mass is 16.5. The molecule has 2 aliphatic rings. The number of hydrogen-bond donors (Lipinski definition) is 3. The molecule has 2 aromatic rings. The summed E-state index contributed by atoms with van der Waals surface area (Å²) >= 11 is 0. The average molecular weight is 465 g/mol. The van der Waals surface area contributed by atoms with Crippen molar-refractivity contribution in [2.75, 3.05) is 0 Å². The maximum absolute atomic E-state index is 13.8. The Morgan fingerprint density at radius 1 is 1.21 bits per heavy atom. The number of aromatic hydroxyl groups is 2. The molecule has 0 spiro atoms. The largest absolute Gasteiger partial charge is 0.507 e. The van der Waals surface area contributed by atoms with Gasteiger partial charge in [-0.15, -0.1) is 0 Å². The number of allylic oxidation sites excluding steroid dienone is 4. The first-order valence-corrected chi connectivity index (χ1v) is 11.1. The number of phenolic OH excluding ortho intramolecular Hbond substituents is 2. The minimum atomic E-state index is -1.52. The number of carbonyl (C=O) groups is 3. The molecule has 3 N–H and O–H groups in total. The molecule has 0 fully saturated rings. The number of Topliss-reactive ketones (excluding diaryl/α,β-unsaturated/α-hetero) is 2. The van der Waals surface area contributed by atoms with E-state index in [1.54, 1.807) is 13.8 Å². The predicted molar refractivity (Wildman–Crippen MR) is 125 cm³/mol. The topological polar surface area (TPSA) is 118 Å². The lowest BCUT2D eigenvalue weighted by molar-refractivity contribution is -0.123. The van der Waals surface area contributed by atoms with Crippen LogP contribution in [0.2, 0.25) is 0 Å². The predicted octanol–water partition coefficient (Wildman–Crippen LogP) is 3.74. The summed E-state index contributed by atoms with van der Waals surface area (Å²) in [5.74, 6) is -2.39. The molecule has 0 saturated carbocycles. The molecule has 0 amide bonds. The van der Waals surface area contributed by atoms with Gasteiger partial charge in [0.1, 0.15) is 34.0 Å². The van der Waals surface area contributed by atoms with Crippen molar-refractivity contribution >= 4 is 17.3 Å². The van der Waals surface area contributed by atoms with Crippen LogP contribution in [-0.2, 0) is 21.5 Å². The van der Waals surface area contributed by atoms with Crippen LogP contribution in [0, 0.1) is 6.92 Å². The van der Waals surface area contributed by atoms with Crippen molar-refractivity contribution in [2.24, 2.45) is 0 Å². The number of carbonyl (C=O) groups excluding carboxylic acids is 3. The molecule has 1 aliphatic carbocycles. The van der Waals surface area contributed by atoms with Crippen LogP contribution in [0.5, 0.6) is 17.2 Å². The van der Waals surface area contributed by atoms with Crippen molar-refractivity contribution < 1.29 is 29.3 Å². The van der Waals surface area contributed by atoms with E-state index in [0.717, 1.165) is 5.69 Å². The van der Waals surface area contributed by atoms with E-state index in [1.807, 2.05) is 18.3 Å². The van der Waals surface area contributed by atoms with E-state index in [0.29, 0.717) is 12.2 Å². The van der Waals surface area contributed by atoms with E-state index >= 15 is 0 Å². The van der Waals surface area contributed by atoms with Gasteiger partial charge in [-0.25, -0.2) is 0 Å². The molecule has 178 valence electrons. The number of hydrogen-bond acceptors (Lipinski definition) is 7. The number of nitrogens with one attached hydrogen (secondary N) is 1. The number of fused-ring (bicyclic) bond motifs is 3. The Labute approximate surface area is 197 Å². The van der Waals surface area contributed by atoms with E-state index < -0.39 is 28.5 Å². The van der Waals surface area contributed by atoms with Crippen LogP contribution in [0.3, 0.4) is 0 Å². The number of aromatic nitrogens is 1. The Balaban J connectivity index is 1.81. The fourth-order valence-electron chi connectivity index (χ4n) is 4.76. The third-order valence-electron chi connectivity index (χ3n) is 6.72. The first kappa shape index (κ1) is 23.4. The number of ketones is 3. The molecule has 2 heterocycles. The molecule has 0 bridgehead atoms. The number of nitrogens with zero attached hydrogens (tertiary/aromatic N) is 1. The van der Waals surface area contributed by atoms with Gasteiger partial charge in [0, 0.05) is 35.3 Å². The lowest BCUT2D eigenvalue weighted by atomic mass is 9.70. The molecular formula is C26H28N2O6. The molecule has 0 saturated heterocycles. The lowest BCUT2D eigenvalue weighted by Crippen LogP contribution is -2.41. The van der Waals surface area contributed by atoms with E-state index in [4.69, 9.17) is 4.74 Å². The SMILES string of the molecule is CC(=O)c1c(O)c(C)c(O)c2c1OC1=CC(=O)/C(=C(/C)NCc3cccn3C(C)C)C(=O)[C@]12C. The summed E-state index contributed by atoms with van der Waals surface area (Å²) < 4.78 is 7.87. The highest BCUT2D eigenvalue weighted by Gasteiger charge is 2.56. The van der Waals surface area contributed by atoms with Crippen LogP contribution < -0.4 is 10.1 Å². The van der Waals surface area contributed by atoms with E-state index in [1.165, 1.54) is 19.9 Å². The van der Waals surface area contributed by atoms with E-state index in [-0.39, 0.29) is 45.6 Å². The minimum absolute atomic E-state index is 0.0190. The average Bonchev–Trinajstić information content (AvgIpc) is 3.34. The van der Waals surface area contributed by atoms with Gasteiger partial charge in [-0.1, -0.05) is 0 Å². The van der Waals surface area contributed by atoms with Gasteiger partial charge < -0.3 is 24.8 Å². The summed E-state index contributed by atoms with van der Waals surface area (Å²) in [5.41, 5.74) is -0.148. The van der Waals surface area contributed by atoms with Crippen LogP contribution in [0.15, 0.2) is 41.4 Å². The molecule has 1 aromatic carbocycles. The molecule has 8 heteroatoms. The second kappa shape index (κ2) is 7.90. The minimum Gasteiger partial charge on any atom is -0.507 e. The van der Waals surface area contributed by atoms with Crippen molar-refractivity contribution in [2.45, 2.75) is 59.5 Å². The fourth-order valence-corrected chi connectivity index (χ4v) is 4.76. The zero-order valence-electron chi connectivity index (χ0n) is 20.1. The Hall–Kier alpha value is -3.81. The van der Waals surface area contributed by atoms with Crippen LogP contribution in [0.25, 0.3) is 0 Å². The Bertz CT molecular complexity index is 1330. The summed E-state index contributed by atoms with van der Waals surface area (Å²) in [6.45, 7) is 10.5. The van der Waals surface area contributed by atoms with Crippen LogP contribution in [0.4, 0.5) is 0 Å². The van der Waals surface area contributed by atoms with Gasteiger partial charge in [0.15, 0.2) is 17.3 Å². The van der Waals surface area contributed by atoms with Gasteiger partial charge in [-0.05, 0) is 53.7 Å². The molecule has 4 rings (SSSR count). The molecule has 1 aromatic heterocycles. The first-order valence-electron chi connectivity index (χ1n) is 11.1. The molecule has 8 nitrogen and oxygen atoms in total. The summed E-state index contributed by atoms with van der Waals surface area (Å²) in [7, 11) is 0. The maximum atomic E-state index is 13.8. The normalized spacial score (nSPS) is 20.6. The monoisotopic (exact) mass is 464 g/mol. The summed E-state index contributed by atoms with van der Waals surface area (Å²) in [4.78, 5) is 39.1. The van der Waals surface area contributed by atoms with Crippen LogP contribution in [-0.4, -0.2) is 32.1 Å². The zero-order valence-corrected chi connectivity index (χ0v) is 20.1. The molecule has 0 radical (unpaired) electrons. The van der Waals surface area contributed by atoms with Crippen molar-refractivity contribution in [1.82, 2.24) is 9.88 Å². The van der Waals surface area contributed by atoms with Gasteiger partial charge in [0.25, 0.3) is 0 Å². The van der Waals surface area contributed by atoms with Crippen LogP contribution >= 0.6 is 0 Å². The van der Waals surface area contributed by atoms with Crippen molar-refractivity contribution in [3.63, 3.8) is 0 Å². The van der Waals surface area contributed by atoms with Gasteiger partial charge in [0.2, 0.25) is 0 Å². The Morgan fingerprint density at radius 2 is 1.88 bits per heavy atom. The summed E-state index contributed by atoms with van der Waals surface area (Å²) in [5, 5.41) is 24.5. The second-order valence-corrected chi connectivity index (χ2v) is 9.24. The van der Waals surface area contributed by atoms with Crippen LogP contribution in [0.1, 0.15) is 67.8 Å². The molecule has 1 aliphatic heterocycles. The fraction of sp³-hybridized carbons (Fsp3) is 0.346. The Kier molecular flexibility index (Phi) is 5.43. The third-order valence-corrected chi connectivity index (χ3v) is 6.72. The highest BCUT2D eigenvalue weighted by Crippen LogP contribution is 2.57. The van der Waals surface area contributed by atoms with Gasteiger partial charge in [-0.2, -0.15) is 0 Å². The maximum Gasteiger partial charge on any atom is 0.194 e. The number of rotatable bonds is 5. The zero-order chi connectivity index (χ0) is 25.1. The van der Waals surface area contributed by atoms with Crippen molar-refractivity contribution in [3.05, 3.63) is 63.8 Å². The van der Waals surface area contributed by atoms with Gasteiger partial charge in [0.05, 0.1) is 17.7 Å². The van der Waals surface area contributed by atoms with Gasteiger partial charge >= 0.3 is 0 Å². The van der Waals surface area contributed by atoms with E-state index in [2.05, 4.69) is 23.7 Å². The van der Waals surface area contributed by atoms with E-state index in [9.17, 15) is 24.6 Å². The van der Waals surface area contributed by atoms with Gasteiger partial charge in [-0.3, -0.25) is 14.4 Å². The quantitative estimate of drug-likeness (QED) is 0.350. The second-order valence-electron chi connectivity index (χ2n) is 9.24. The standard InChI is InChI=1S/C26H28N2O6/c1-12(2)28-9-7-8-16(28)11-27-14(4)19-17(30)10-18-26(6,25(19)33)21-23(32)13(3)22(31)20(15(5)29)24(21)34-18/h7-10,12,27,31-32H,11H2,1-6H3/b19-14+/t26-/m1/s1. The number of benzene rings is 1. The van der Waals surface area contributed by atoms with Crippen molar-refractivity contribution in [3.8, 4) is 17.2 Å². The summed E-state index contributed by atoms with van der Waals surface area (Å²) in [6, 6.07) is 4.16.